The number of fused-ring (bicyclic) bond motifs is 1. The first-order valence-corrected chi connectivity index (χ1v) is 10.1. The largest absolute Gasteiger partial charge is 0.479 e. The minimum absolute atomic E-state index is 0.187. The summed E-state index contributed by atoms with van der Waals surface area (Å²) in [6, 6.07) is 12.6. The molecule has 0 aliphatic carbocycles. The summed E-state index contributed by atoms with van der Waals surface area (Å²) in [5.41, 5.74) is 2.99. The number of ether oxygens (including phenoxy) is 1. The molecular formula is C21H16ClN3O3S. The van der Waals surface area contributed by atoms with Gasteiger partial charge in [0, 0.05) is 22.0 Å². The van der Waals surface area contributed by atoms with Gasteiger partial charge in [0.25, 0.3) is 5.91 Å². The van der Waals surface area contributed by atoms with E-state index < -0.39 is 6.10 Å². The van der Waals surface area contributed by atoms with Gasteiger partial charge in [0.15, 0.2) is 11.2 Å². The minimum atomic E-state index is -0.518. The van der Waals surface area contributed by atoms with Crippen molar-refractivity contribution in [2.45, 2.75) is 13.0 Å². The van der Waals surface area contributed by atoms with Crippen molar-refractivity contribution >= 4 is 51.6 Å². The van der Waals surface area contributed by atoms with Gasteiger partial charge < -0.3 is 10.1 Å². The molecule has 1 unspecified atom stereocenters. The van der Waals surface area contributed by atoms with Gasteiger partial charge >= 0.3 is 0 Å². The Bertz CT molecular complexity index is 1110. The molecule has 8 heteroatoms. The van der Waals surface area contributed by atoms with Crippen LogP contribution in [0.4, 0.5) is 10.8 Å². The first-order chi connectivity index (χ1) is 14.0. The second kappa shape index (κ2) is 8.06. The summed E-state index contributed by atoms with van der Waals surface area (Å²) in [7, 11) is 0. The Labute approximate surface area is 176 Å². The number of carbonyl (C=O) groups is 2. The van der Waals surface area contributed by atoms with Gasteiger partial charge in [-0.15, -0.1) is 11.3 Å². The zero-order valence-electron chi connectivity index (χ0n) is 15.3. The average molecular weight is 426 g/mol. The monoisotopic (exact) mass is 425 g/mol. The van der Waals surface area contributed by atoms with Gasteiger partial charge in [0.2, 0.25) is 5.91 Å². The van der Waals surface area contributed by atoms with Crippen molar-refractivity contribution in [2.24, 2.45) is 0 Å². The highest BCUT2D eigenvalue weighted by molar-refractivity contribution is 7.14. The molecule has 2 aromatic carbocycles. The molecule has 1 aromatic heterocycles. The van der Waals surface area contributed by atoms with Gasteiger partial charge in [0.1, 0.15) is 5.75 Å². The quantitative estimate of drug-likeness (QED) is 0.586. The van der Waals surface area contributed by atoms with E-state index in [1.165, 1.54) is 17.4 Å². The maximum Gasteiger partial charge on any atom is 0.265 e. The van der Waals surface area contributed by atoms with Gasteiger partial charge in [0.05, 0.1) is 11.4 Å². The number of anilines is 2. The maximum atomic E-state index is 12.1. The van der Waals surface area contributed by atoms with Crippen LogP contribution in [0.5, 0.6) is 5.75 Å². The smallest absolute Gasteiger partial charge is 0.265 e. The summed E-state index contributed by atoms with van der Waals surface area (Å²) in [5, 5.41) is 8.54. The molecule has 0 fully saturated rings. The lowest BCUT2D eigenvalue weighted by atomic mass is 10.1. The molecule has 146 valence electrons. The van der Waals surface area contributed by atoms with E-state index in [1.807, 2.05) is 23.6 Å². The maximum absolute atomic E-state index is 12.1. The highest BCUT2D eigenvalue weighted by Gasteiger charge is 2.23. The lowest BCUT2D eigenvalue weighted by Crippen LogP contribution is -2.34. The lowest BCUT2D eigenvalue weighted by molar-refractivity contribution is -0.122. The van der Waals surface area contributed by atoms with Crippen LogP contribution < -0.4 is 15.4 Å². The average Bonchev–Trinajstić information content (AvgIpc) is 3.16. The van der Waals surface area contributed by atoms with Crippen molar-refractivity contribution < 1.29 is 14.3 Å². The molecule has 0 saturated heterocycles. The van der Waals surface area contributed by atoms with Gasteiger partial charge in [-0.05, 0) is 48.9 Å². The van der Waals surface area contributed by atoms with Crippen molar-refractivity contribution in [3.05, 3.63) is 64.5 Å². The molecule has 6 nitrogen and oxygen atoms in total. The van der Waals surface area contributed by atoms with E-state index >= 15 is 0 Å². The number of nitrogens with one attached hydrogen (secondary N) is 2. The number of aromatic nitrogens is 1. The molecule has 2 heterocycles. The van der Waals surface area contributed by atoms with E-state index in [9.17, 15) is 9.59 Å². The van der Waals surface area contributed by atoms with Gasteiger partial charge in [-0.3, -0.25) is 14.9 Å². The number of carbonyl (C=O) groups excluding carboxylic acids is 2. The number of halogens is 1. The van der Waals surface area contributed by atoms with Crippen molar-refractivity contribution in [3.63, 3.8) is 0 Å². The summed E-state index contributed by atoms with van der Waals surface area (Å²) in [6.07, 6.45) is 2.63. The molecule has 1 atom stereocenters. The van der Waals surface area contributed by atoms with Crippen LogP contribution in [0.25, 0.3) is 17.3 Å². The number of nitrogens with zero attached hydrogens (tertiary/aromatic N) is 1. The normalized spacial score (nSPS) is 15.5. The van der Waals surface area contributed by atoms with Gasteiger partial charge in [-0.1, -0.05) is 23.7 Å². The molecule has 1 aliphatic heterocycles. The van der Waals surface area contributed by atoms with E-state index in [0.29, 0.717) is 27.3 Å². The molecule has 4 rings (SSSR count). The predicted molar refractivity (Wildman–Crippen MR) is 115 cm³/mol. The molecule has 2 amide bonds. The summed E-state index contributed by atoms with van der Waals surface area (Å²) in [4.78, 5) is 28.4. The van der Waals surface area contributed by atoms with E-state index in [4.69, 9.17) is 16.3 Å². The van der Waals surface area contributed by atoms with Crippen LogP contribution in [0.2, 0.25) is 5.02 Å². The third-order valence-corrected chi connectivity index (χ3v) is 5.25. The Morgan fingerprint density at radius 2 is 2.07 bits per heavy atom. The topological polar surface area (TPSA) is 80.3 Å². The molecule has 0 saturated carbocycles. The Morgan fingerprint density at radius 1 is 1.28 bits per heavy atom. The summed E-state index contributed by atoms with van der Waals surface area (Å²) in [5.74, 6) is 0.159. The van der Waals surface area contributed by atoms with E-state index in [2.05, 4.69) is 15.6 Å². The first kappa shape index (κ1) is 19.2. The van der Waals surface area contributed by atoms with Crippen LogP contribution in [0.1, 0.15) is 12.5 Å². The second-order valence-corrected chi connectivity index (χ2v) is 7.67. The molecule has 0 spiro atoms. The molecule has 0 bridgehead atoms. The molecule has 29 heavy (non-hydrogen) atoms. The Hall–Kier alpha value is -3.16. The van der Waals surface area contributed by atoms with Crippen molar-refractivity contribution in [1.82, 2.24) is 4.98 Å². The zero-order chi connectivity index (χ0) is 20.4. The third kappa shape index (κ3) is 4.47. The van der Waals surface area contributed by atoms with Crippen molar-refractivity contribution in [2.75, 3.05) is 10.6 Å². The SMILES string of the molecule is CC1Oc2ccc(-c3csc(NC(=O)/C=C/c4ccc(Cl)cc4)n3)cc2NC1=O. The lowest BCUT2D eigenvalue weighted by Gasteiger charge is -2.23. The fourth-order valence-corrected chi connectivity index (χ4v) is 3.57. The fraction of sp³-hybridized carbons (Fsp3) is 0.0952. The van der Waals surface area contributed by atoms with Crippen LogP contribution in [0, 0.1) is 0 Å². The van der Waals surface area contributed by atoms with Crippen molar-refractivity contribution in [3.8, 4) is 17.0 Å². The summed E-state index contributed by atoms with van der Waals surface area (Å²) in [6.45, 7) is 1.70. The molecule has 1 aliphatic rings. The van der Waals surface area contributed by atoms with Crippen LogP contribution in [0.3, 0.4) is 0 Å². The number of benzene rings is 2. The highest BCUT2D eigenvalue weighted by Crippen LogP contribution is 2.34. The Morgan fingerprint density at radius 3 is 2.86 bits per heavy atom. The molecule has 3 aromatic rings. The Balaban J connectivity index is 1.44. The third-order valence-electron chi connectivity index (χ3n) is 4.24. The number of rotatable bonds is 4. The van der Waals surface area contributed by atoms with Crippen molar-refractivity contribution in [1.29, 1.82) is 0 Å². The predicted octanol–water partition coefficient (Wildman–Crippen LogP) is 4.83. The van der Waals surface area contributed by atoms with Gasteiger partial charge in [-0.2, -0.15) is 0 Å². The standard InChI is InChI=1S/C21H16ClN3O3S/c1-12-20(27)23-16-10-14(5-8-18(16)28-12)17-11-29-21(24-17)25-19(26)9-4-13-2-6-15(22)7-3-13/h2-12H,1H3,(H,23,27)(H,24,25,26)/b9-4+. The highest BCUT2D eigenvalue weighted by atomic mass is 35.5. The summed E-state index contributed by atoms with van der Waals surface area (Å²) < 4.78 is 5.56. The number of amides is 2. The fourth-order valence-electron chi connectivity index (χ4n) is 2.72. The van der Waals surface area contributed by atoms with E-state index in [1.54, 1.807) is 37.3 Å². The number of thiazole rings is 1. The van der Waals surface area contributed by atoms with Crippen LogP contribution in [-0.2, 0) is 9.59 Å². The van der Waals surface area contributed by atoms with Crippen LogP contribution in [-0.4, -0.2) is 22.9 Å². The van der Waals surface area contributed by atoms with Crippen LogP contribution >= 0.6 is 22.9 Å². The summed E-state index contributed by atoms with van der Waals surface area (Å²) >= 11 is 7.17. The van der Waals surface area contributed by atoms with E-state index in [0.717, 1.165) is 11.1 Å². The number of hydrogen-bond acceptors (Lipinski definition) is 5. The first-order valence-electron chi connectivity index (χ1n) is 8.80. The number of hydrogen-bond donors (Lipinski definition) is 2. The molecular weight excluding hydrogens is 410 g/mol. The van der Waals surface area contributed by atoms with Gasteiger partial charge in [-0.25, -0.2) is 4.98 Å². The second-order valence-electron chi connectivity index (χ2n) is 6.37. The minimum Gasteiger partial charge on any atom is -0.479 e. The molecule has 2 N–H and O–H groups in total. The Kier molecular flexibility index (Phi) is 5.33. The molecule has 0 radical (unpaired) electrons. The van der Waals surface area contributed by atoms with E-state index in [-0.39, 0.29) is 11.8 Å². The van der Waals surface area contributed by atoms with Crippen LogP contribution in [0.15, 0.2) is 53.9 Å². The zero-order valence-corrected chi connectivity index (χ0v) is 16.9.